The summed E-state index contributed by atoms with van der Waals surface area (Å²) in [6.07, 6.45) is 2.27. The maximum absolute atomic E-state index is 12.3. The maximum Gasteiger partial charge on any atom is 0.269 e. The first-order valence-electron chi connectivity index (χ1n) is 8.43. The van der Waals surface area contributed by atoms with E-state index >= 15 is 0 Å². The minimum atomic E-state index is -0.253. The molecule has 25 heavy (non-hydrogen) atoms. The summed E-state index contributed by atoms with van der Waals surface area (Å²) in [5, 5.41) is 8.18. The summed E-state index contributed by atoms with van der Waals surface area (Å²) in [5.74, 6) is 0.236. The summed E-state index contributed by atoms with van der Waals surface area (Å²) in [6.45, 7) is 0.674. The van der Waals surface area contributed by atoms with Crippen LogP contribution in [0.2, 0.25) is 0 Å². The lowest BCUT2D eigenvalue weighted by Gasteiger charge is -2.08. The first-order chi connectivity index (χ1) is 12.2. The van der Waals surface area contributed by atoms with Crippen LogP contribution in [0.25, 0.3) is 10.9 Å². The molecule has 0 aliphatic heterocycles. The highest BCUT2D eigenvalue weighted by Gasteiger charge is 2.25. The van der Waals surface area contributed by atoms with Crippen molar-refractivity contribution in [3.8, 4) is 0 Å². The van der Waals surface area contributed by atoms with E-state index in [9.17, 15) is 9.59 Å². The Morgan fingerprint density at radius 3 is 2.80 bits per heavy atom. The highest BCUT2D eigenvalue weighted by atomic mass is 16.2. The molecule has 1 saturated carbocycles. The second kappa shape index (κ2) is 6.47. The Morgan fingerprint density at radius 1 is 1.12 bits per heavy atom. The summed E-state index contributed by atoms with van der Waals surface area (Å²) < 4.78 is 1.42. The van der Waals surface area contributed by atoms with Crippen molar-refractivity contribution in [1.82, 2.24) is 20.1 Å². The minimum absolute atomic E-state index is 0.150. The number of rotatable bonds is 5. The molecule has 1 fully saturated rings. The third-order valence-electron chi connectivity index (χ3n) is 4.32. The molecule has 0 bridgehead atoms. The van der Waals surface area contributed by atoms with Gasteiger partial charge in [0.05, 0.1) is 17.8 Å². The van der Waals surface area contributed by atoms with Crippen molar-refractivity contribution < 1.29 is 4.79 Å². The minimum Gasteiger partial charge on any atom is -0.349 e. The van der Waals surface area contributed by atoms with Gasteiger partial charge in [0.25, 0.3) is 11.5 Å². The third kappa shape index (κ3) is 3.42. The standard InChI is InChI=1S/C19H18N4O2/c24-18-10-9-16(14-5-6-14)22-23(18)12-11-20-19(25)17-8-7-13-3-1-2-4-15(13)21-17/h1-4,7-10,14H,5-6,11-12H2,(H,20,25). The second-order valence-corrected chi connectivity index (χ2v) is 6.24. The second-order valence-electron chi connectivity index (χ2n) is 6.24. The predicted octanol–water partition coefficient (Wildman–Crippen LogP) is 2.10. The molecular weight excluding hydrogens is 316 g/mol. The molecule has 1 amide bonds. The van der Waals surface area contributed by atoms with Gasteiger partial charge in [-0.2, -0.15) is 5.10 Å². The molecule has 1 aliphatic carbocycles. The Kier molecular flexibility index (Phi) is 4.01. The lowest BCUT2D eigenvalue weighted by atomic mass is 10.2. The number of fused-ring (bicyclic) bond motifs is 1. The maximum atomic E-state index is 12.3. The van der Waals surface area contributed by atoms with Gasteiger partial charge in [0.15, 0.2) is 0 Å². The van der Waals surface area contributed by atoms with Gasteiger partial charge >= 0.3 is 0 Å². The molecule has 2 aromatic heterocycles. The van der Waals surface area contributed by atoms with E-state index in [1.54, 1.807) is 18.2 Å². The molecule has 4 rings (SSSR count). The highest BCUT2D eigenvalue weighted by Crippen LogP contribution is 2.38. The van der Waals surface area contributed by atoms with Crippen LogP contribution in [0.15, 0.2) is 53.3 Å². The summed E-state index contributed by atoms with van der Waals surface area (Å²) in [6, 6.07) is 14.6. The van der Waals surface area contributed by atoms with Crippen molar-refractivity contribution in [3.05, 3.63) is 70.3 Å². The number of hydrogen-bond acceptors (Lipinski definition) is 4. The van der Waals surface area contributed by atoms with Gasteiger partial charge in [-0.1, -0.05) is 24.3 Å². The Balaban J connectivity index is 1.41. The summed E-state index contributed by atoms with van der Waals surface area (Å²) >= 11 is 0. The Morgan fingerprint density at radius 2 is 1.96 bits per heavy atom. The van der Waals surface area contributed by atoms with Gasteiger partial charge in [-0.15, -0.1) is 0 Å². The number of benzene rings is 1. The van der Waals surface area contributed by atoms with Gasteiger partial charge in [0, 0.05) is 23.9 Å². The number of aromatic nitrogens is 3. The summed E-state index contributed by atoms with van der Waals surface area (Å²) in [5.41, 5.74) is 1.96. The molecule has 6 heteroatoms. The van der Waals surface area contributed by atoms with E-state index < -0.39 is 0 Å². The Bertz CT molecular complexity index is 992. The SMILES string of the molecule is O=C(NCCn1nc(C2CC2)ccc1=O)c1ccc2ccccc2n1. The van der Waals surface area contributed by atoms with Crippen LogP contribution in [-0.4, -0.2) is 27.2 Å². The van der Waals surface area contributed by atoms with Crippen LogP contribution in [0, 0.1) is 0 Å². The van der Waals surface area contributed by atoms with Crippen LogP contribution in [0.1, 0.15) is 34.9 Å². The van der Waals surface area contributed by atoms with Crippen LogP contribution < -0.4 is 10.9 Å². The van der Waals surface area contributed by atoms with Crippen molar-refractivity contribution in [1.29, 1.82) is 0 Å². The van der Waals surface area contributed by atoms with Crippen molar-refractivity contribution in [2.45, 2.75) is 25.3 Å². The van der Waals surface area contributed by atoms with E-state index in [0.29, 0.717) is 24.7 Å². The topological polar surface area (TPSA) is 76.9 Å². The van der Waals surface area contributed by atoms with Crippen LogP contribution in [-0.2, 0) is 6.54 Å². The highest BCUT2D eigenvalue weighted by molar-refractivity contribution is 5.94. The molecule has 0 atom stereocenters. The first-order valence-corrected chi connectivity index (χ1v) is 8.43. The zero-order valence-electron chi connectivity index (χ0n) is 13.7. The molecule has 2 heterocycles. The fourth-order valence-electron chi connectivity index (χ4n) is 2.78. The molecule has 1 N–H and O–H groups in total. The quantitative estimate of drug-likeness (QED) is 0.775. The van der Waals surface area contributed by atoms with Crippen LogP contribution in [0.5, 0.6) is 0 Å². The van der Waals surface area contributed by atoms with E-state index in [0.717, 1.165) is 29.4 Å². The van der Waals surface area contributed by atoms with E-state index in [1.807, 2.05) is 30.3 Å². The number of carbonyl (C=O) groups excluding carboxylic acids is 1. The first kappa shape index (κ1) is 15.5. The van der Waals surface area contributed by atoms with Gasteiger partial charge < -0.3 is 5.32 Å². The number of hydrogen-bond donors (Lipinski definition) is 1. The number of amides is 1. The van der Waals surface area contributed by atoms with Gasteiger partial charge in [0.2, 0.25) is 0 Å². The summed E-state index contributed by atoms with van der Waals surface area (Å²) in [7, 11) is 0. The largest absolute Gasteiger partial charge is 0.349 e. The third-order valence-corrected chi connectivity index (χ3v) is 4.32. The van der Waals surface area contributed by atoms with Crippen LogP contribution in [0.3, 0.4) is 0 Å². The summed E-state index contributed by atoms with van der Waals surface area (Å²) in [4.78, 5) is 28.5. The van der Waals surface area contributed by atoms with E-state index in [2.05, 4.69) is 15.4 Å². The fraction of sp³-hybridized carbons (Fsp3) is 0.263. The molecule has 3 aromatic rings. The number of carbonyl (C=O) groups is 1. The average Bonchev–Trinajstić information content (AvgIpc) is 3.48. The normalized spacial score (nSPS) is 13.8. The molecule has 0 unspecified atom stereocenters. The monoisotopic (exact) mass is 334 g/mol. The lowest BCUT2D eigenvalue weighted by molar-refractivity contribution is 0.0947. The average molecular weight is 334 g/mol. The van der Waals surface area contributed by atoms with Gasteiger partial charge in [-0.05, 0) is 31.0 Å². The molecule has 0 saturated heterocycles. The van der Waals surface area contributed by atoms with Gasteiger partial charge in [0.1, 0.15) is 5.69 Å². The number of pyridine rings is 1. The number of nitrogens with zero attached hydrogens (tertiary/aromatic N) is 3. The van der Waals surface area contributed by atoms with E-state index in [1.165, 1.54) is 4.68 Å². The van der Waals surface area contributed by atoms with Crippen molar-refractivity contribution in [2.24, 2.45) is 0 Å². The zero-order chi connectivity index (χ0) is 17.2. The van der Waals surface area contributed by atoms with Crippen molar-refractivity contribution in [2.75, 3.05) is 6.54 Å². The van der Waals surface area contributed by atoms with Crippen LogP contribution >= 0.6 is 0 Å². The molecule has 0 spiro atoms. The van der Waals surface area contributed by atoms with Gasteiger partial charge in [-0.25, -0.2) is 9.67 Å². The van der Waals surface area contributed by atoms with Crippen molar-refractivity contribution in [3.63, 3.8) is 0 Å². The predicted molar refractivity (Wildman–Crippen MR) is 94.5 cm³/mol. The Hall–Kier alpha value is -3.02. The molecule has 6 nitrogen and oxygen atoms in total. The van der Waals surface area contributed by atoms with E-state index in [-0.39, 0.29) is 11.5 Å². The smallest absolute Gasteiger partial charge is 0.269 e. The van der Waals surface area contributed by atoms with Crippen molar-refractivity contribution >= 4 is 16.8 Å². The van der Waals surface area contributed by atoms with Crippen LogP contribution in [0.4, 0.5) is 0 Å². The molecule has 126 valence electrons. The Labute approximate surface area is 144 Å². The van der Waals surface area contributed by atoms with Gasteiger partial charge in [-0.3, -0.25) is 9.59 Å². The molecular formula is C19H18N4O2. The number of nitrogens with one attached hydrogen (secondary N) is 1. The van der Waals surface area contributed by atoms with E-state index in [4.69, 9.17) is 0 Å². The number of para-hydroxylation sites is 1. The molecule has 1 aliphatic rings. The fourth-order valence-corrected chi connectivity index (χ4v) is 2.78. The molecule has 1 aromatic carbocycles. The lowest BCUT2D eigenvalue weighted by Crippen LogP contribution is -2.32. The zero-order valence-corrected chi connectivity index (χ0v) is 13.7. The molecule has 0 radical (unpaired) electrons.